The van der Waals surface area contributed by atoms with Gasteiger partial charge in [0, 0.05) is 10.6 Å². The maximum absolute atomic E-state index is 13.0. The minimum Gasteiger partial charge on any atom is -0.296 e. The van der Waals surface area contributed by atoms with E-state index in [-0.39, 0.29) is 11.6 Å². The quantitative estimate of drug-likeness (QED) is 0.737. The van der Waals surface area contributed by atoms with Crippen LogP contribution in [0.15, 0.2) is 48.5 Å². The number of carbonyl (C=O) groups is 1. The molecule has 0 bridgehead atoms. The Morgan fingerprint density at radius 2 is 1.67 bits per heavy atom. The average Bonchev–Trinajstić information content (AvgIpc) is 2.59. The van der Waals surface area contributed by atoms with Crippen molar-refractivity contribution in [2.45, 2.75) is 19.3 Å². The molecule has 1 aliphatic heterocycles. The van der Waals surface area contributed by atoms with Crippen LogP contribution >= 0.6 is 11.6 Å². The molecule has 126 valence electrons. The van der Waals surface area contributed by atoms with Gasteiger partial charge in [-0.1, -0.05) is 23.7 Å². The first kappa shape index (κ1) is 17.1. The van der Waals surface area contributed by atoms with Crippen LogP contribution in [0.2, 0.25) is 5.02 Å². The van der Waals surface area contributed by atoms with E-state index in [1.165, 1.54) is 17.7 Å². The van der Waals surface area contributed by atoms with Crippen molar-refractivity contribution in [1.82, 2.24) is 4.90 Å². The summed E-state index contributed by atoms with van der Waals surface area (Å²) in [4.78, 5) is 14.5. The van der Waals surface area contributed by atoms with Crippen molar-refractivity contribution < 1.29 is 9.18 Å². The van der Waals surface area contributed by atoms with Crippen molar-refractivity contribution in [2.24, 2.45) is 5.92 Å². The third-order valence-corrected chi connectivity index (χ3v) is 4.93. The molecule has 0 spiro atoms. The van der Waals surface area contributed by atoms with Gasteiger partial charge in [-0.15, -0.1) is 0 Å². The van der Waals surface area contributed by atoms with Crippen LogP contribution in [-0.2, 0) is 6.42 Å². The highest BCUT2D eigenvalue weighted by atomic mass is 35.5. The van der Waals surface area contributed by atoms with Crippen LogP contribution in [-0.4, -0.2) is 30.3 Å². The Kier molecular flexibility index (Phi) is 5.64. The number of halogens is 2. The molecule has 0 N–H and O–H groups in total. The minimum absolute atomic E-state index is 0.142. The highest BCUT2D eigenvalue weighted by Gasteiger charge is 2.21. The van der Waals surface area contributed by atoms with Gasteiger partial charge in [0.15, 0.2) is 5.78 Å². The maximum atomic E-state index is 13.0. The van der Waals surface area contributed by atoms with Crippen molar-refractivity contribution >= 4 is 17.4 Å². The highest BCUT2D eigenvalue weighted by Crippen LogP contribution is 2.22. The van der Waals surface area contributed by atoms with E-state index < -0.39 is 0 Å². The molecule has 0 radical (unpaired) electrons. The van der Waals surface area contributed by atoms with Gasteiger partial charge in [0.2, 0.25) is 0 Å². The van der Waals surface area contributed by atoms with E-state index in [1.54, 1.807) is 24.3 Å². The Labute approximate surface area is 147 Å². The van der Waals surface area contributed by atoms with E-state index in [4.69, 9.17) is 11.6 Å². The lowest BCUT2D eigenvalue weighted by molar-refractivity contribution is 0.0895. The summed E-state index contributed by atoms with van der Waals surface area (Å²) >= 11 is 5.86. The molecule has 2 aromatic carbocycles. The van der Waals surface area contributed by atoms with Crippen molar-refractivity contribution in [2.75, 3.05) is 19.6 Å². The number of rotatable bonds is 5. The summed E-state index contributed by atoms with van der Waals surface area (Å²) in [7, 11) is 0. The molecule has 0 aliphatic carbocycles. The summed E-state index contributed by atoms with van der Waals surface area (Å²) in [6, 6.07) is 13.9. The van der Waals surface area contributed by atoms with Crippen molar-refractivity contribution in [3.05, 3.63) is 70.5 Å². The van der Waals surface area contributed by atoms with Crippen molar-refractivity contribution in [3.63, 3.8) is 0 Å². The van der Waals surface area contributed by atoms with Crippen molar-refractivity contribution in [1.29, 1.82) is 0 Å². The molecule has 1 fully saturated rings. The molecule has 0 saturated carbocycles. The number of nitrogens with zero attached hydrogens (tertiary/aromatic N) is 1. The molecule has 2 aromatic rings. The normalized spacial score (nSPS) is 16.2. The SMILES string of the molecule is O=C(CN1CCC(Cc2ccc(F)cc2)CC1)c1ccc(Cl)cc1. The van der Waals surface area contributed by atoms with E-state index in [0.717, 1.165) is 32.4 Å². The monoisotopic (exact) mass is 345 g/mol. The van der Waals surface area contributed by atoms with Crippen LogP contribution in [0.4, 0.5) is 4.39 Å². The van der Waals surface area contributed by atoms with E-state index in [2.05, 4.69) is 4.90 Å². The number of Topliss-reactive ketones (excluding diaryl/α,β-unsaturated/α-hetero) is 1. The first-order valence-corrected chi connectivity index (χ1v) is 8.73. The maximum Gasteiger partial charge on any atom is 0.176 e. The number of piperidine rings is 1. The fraction of sp³-hybridized carbons (Fsp3) is 0.350. The van der Waals surface area contributed by atoms with Gasteiger partial charge in [0.05, 0.1) is 6.54 Å². The summed E-state index contributed by atoms with van der Waals surface area (Å²) < 4.78 is 13.0. The Bertz CT molecular complexity index is 676. The third-order valence-electron chi connectivity index (χ3n) is 4.68. The Hall–Kier alpha value is -1.71. The molecule has 0 amide bonds. The average molecular weight is 346 g/mol. The summed E-state index contributed by atoms with van der Waals surface area (Å²) in [5.41, 5.74) is 1.90. The van der Waals surface area contributed by atoms with Gasteiger partial charge in [0.1, 0.15) is 5.82 Å². The Morgan fingerprint density at radius 1 is 1.04 bits per heavy atom. The van der Waals surface area contributed by atoms with Gasteiger partial charge in [-0.25, -0.2) is 4.39 Å². The zero-order chi connectivity index (χ0) is 16.9. The summed E-state index contributed by atoms with van der Waals surface area (Å²) in [6.07, 6.45) is 3.13. The zero-order valence-electron chi connectivity index (χ0n) is 13.6. The van der Waals surface area contributed by atoms with Crippen LogP contribution in [0.1, 0.15) is 28.8 Å². The molecule has 1 aliphatic rings. The van der Waals surface area contributed by atoms with E-state index in [9.17, 15) is 9.18 Å². The lowest BCUT2D eigenvalue weighted by Crippen LogP contribution is -2.37. The van der Waals surface area contributed by atoms with E-state index >= 15 is 0 Å². The predicted molar refractivity (Wildman–Crippen MR) is 95.1 cm³/mol. The zero-order valence-corrected chi connectivity index (χ0v) is 14.3. The third kappa shape index (κ3) is 4.65. The predicted octanol–water partition coefficient (Wildman–Crippen LogP) is 4.62. The smallest absolute Gasteiger partial charge is 0.176 e. The topological polar surface area (TPSA) is 20.3 Å². The van der Waals surface area contributed by atoms with Gasteiger partial charge in [0.25, 0.3) is 0 Å². The molecular weight excluding hydrogens is 325 g/mol. The number of ketones is 1. The van der Waals surface area contributed by atoms with Crippen LogP contribution in [0.5, 0.6) is 0 Å². The highest BCUT2D eigenvalue weighted by molar-refractivity contribution is 6.30. The van der Waals surface area contributed by atoms with Crippen LogP contribution in [0.3, 0.4) is 0 Å². The van der Waals surface area contributed by atoms with Gasteiger partial charge in [-0.3, -0.25) is 9.69 Å². The van der Waals surface area contributed by atoms with Gasteiger partial charge in [-0.05, 0) is 80.2 Å². The van der Waals surface area contributed by atoms with Gasteiger partial charge >= 0.3 is 0 Å². The number of likely N-dealkylation sites (tertiary alicyclic amines) is 1. The van der Waals surface area contributed by atoms with Gasteiger partial charge < -0.3 is 0 Å². The van der Waals surface area contributed by atoms with Crippen LogP contribution in [0, 0.1) is 11.7 Å². The first-order chi connectivity index (χ1) is 11.6. The molecule has 1 saturated heterocycles. The van der Waals surface area contributed by atoms with E-state index in [1.807, 2.05) is 12.1 Å². The molecule has 0 atom stereocenters. The summed E-state index contributed by atoms with van der Waals surface area (Å²) in [5.74, 6) is 0.565. The summed E-state index contributed by atoms with van der Waals surface area (Å²) in [6.45, 7) is 2.33. The van der Waals surface area contributed by atoms with Crippen LogP contribution in [0.25, 0.3) is 0 Å². The number of carbonyl (C=O) groups excluding carboxylic acids is 1. The molecule has 3 rings (SSSR count). The van der Waals surface area contributed by atoms with E-state index in [0.29, 0.717) is 23.0 Å². The molecule has 0 unspecified atom stereocenters. The second-order valence-corrected chi connectivity index (χ2v) is 6.92. The van der Waals surface area contributed by atoms with Crippen LogP contribution < -0.4 is 0 Å². The standard InChI is InChI=1S/C20H21ClFNO/c21-18-5-3-17(4-6-18)20(24)14-23-11-9-16(10-12-23)13-15-1-7-19(22)8-2-15/h1-8,16H,9-14H2. The fourth-order valence-electron chi connectivity index (χ4n) is 3.23. The second kappa shape index (κ2) is 7.91. The molecule has 2 nitrogen and oxygen atoms in total. The lowest BCUT2D eigenvalue weighted by Gasteiger charge is -2.31. The largest absolute Gasteiger partial charge is 0.296 e. The molecule has 24 heavy (non-hydrogen) atoms. The molecule has 1 heterocycles. The van der Waals surface area contributed by atoms with Gasteiger partial charge in [-0.2, -0.15) is 0 Å². The number of hydrogen-bond acceptors (Lipinski definition) is 2. The van der Waals surface area contributed by atoms with Crippen molar-refractivity contribution in [3.8, 4) is 0 Å². The minimum atomic E-state index is -0.186. The summed E-state index contributed by atoms with van der Waals surface area (Å²) in [5, 5.41) is 0.646. The molecular formula is C20H21ClFNO. The first-order valence-electron chi connectivity index (χ1n) is 8.36. The Balaban J connectivity index is 1.47. The number of benzene rings is 2. The molecule has 4 heteroatoms. The fourth-order valence-corrected chi connectivity index (χ4v) is 3.36. The lowest BCUT2D eigenvalue weighted by atomic mass is 9.90. The number of hydrogen-bond donors (Lipinski definition) is 0. The Morgan fingerprint density at radius 3 is 2.29 bits per heavy atom. The second-order valence-electron chi connectivity index (χ2n) is 6.48. The molecule has 0 aromatic heterocycles.